The van der Waals surface area contributed by atoms with Gasteiger partial charge in [0, 0.05) is 0 Å². The van der Waals surface area contributed by atoms with E-state index in [1.165, 1.54) is 0 Å². The van der Waals surface area contributed by atoms with Crippen LogP contribution in [0.4, 0.5) is 0 Å². The summed E-state index contributed by atoms with van der Waals surface area (Å²) in [5.74, 6) is -1.94. The van der Waals surface area contributed by atoms with E-state index in [4.69, 9.17) is 17.3 Å². The van der Waals surface area contributed by atoms with E-state index in [-0.39, 0.29) is 0 Å². The van der Waals surface area contributed by atoms with Crippen LogP contribution in [0.2, 0.25) is 0 Å². The molecule has 0 fully saturated rings. The van der Waals surface area contributed by atoms with Gasteiger partial charge in [0.15, 0.2) is 0 Å². The second-order valence-corrected chi connectivity index (χ2v) is 1.83. The highest BCUT2D eigenvalue weighted by Crippen LogP contribution is 2.02. The topological polar surface area (TPSA) is 112 Å². The van der Waals surface area contributed by atoms with Crippen molar-refractivity contribution in [1.29, 1.82) is 0 Å². The first-order chi connectivity index (χ1) is 4.46. The average Bonchev–Trinajstić information content (AvgIpc) is 1.84. The van der Waals surface area contributed by atoms with Gasteiger partial charge in [-0.3, -0.25) is 9.59 Å². The molecule has 0 aromatic rings. The zero-order chi connectivity index (χ0) is 8.31. The Hall–Kier alpha value is -1.23. The van der Waals surface area contributed by atoms with E-state index in [1.54, 1.807) is 0 Å². The lowest BCUT2D eigenvalue weighted by Gasteiger charge is -1.95. The van der Waals surface area contributed by atoms with E-state index in [0.717, 1.165) is 0 Å². The summed E-state index contributed by atoms with van der Waals surface area (Å²) in [5.41, 5.74) is 13.7. The standard InChI is InChI=1S/C4H6ClN3O2/c5-1(3(7)9)2(6)4(8)10/h6H2,(H2,7,9)(H2,8,10). The van der Waals surface area contributed by atoms with E-state index in [9.17, 15) is 9.59 Å². The van der Waals surface area contributed by atoms with Crippen LogP contribution < -0.4 is 17.2 Å². The van der Waals surface area contributed by atoms with E-state index in [1.807, 2.05) is 0 Å². The van der Waals surface area contributed by atoms with Gasteiger partial charge in [-0.15, -0.1) is 0 Å². The first-order valence-corrected chi connectivity index (χ1v) is 2.59. The first-order valence-electron chi connectivity index (χ1n) is 2.21. The fourth-order valence-corrected chi connectivity index (χ4v) is 0.334. The van der Waals surface area contributed by atoms with Crippen molar-refractivity contribution >= 4 is 23.4 Å². The highest BCUT2D eigenvalue weighted by molar-refractivity contribution is 6.43. The number of hydrogen-bond donors (Lipinski definition) is 3. The number of nitrogens with two attached hydrogens (primary N) is 3. The maximum atomic E-state index is 10.2. The minimum absolute atomic E-state index is 0.519. The molecule has 0 aromatic heterocycles. The predicted octanol–water partition coefficient (Wildman–Crippen LogP) is -1.63. The van der Waals surface area contributed by atoms with Gasteiger partial charge >= 0.3 is 0 Å². The highest BCUT2D eigenvalue weighted by atomic mass is 35.5. The van der Waals surface area contributed by atoms with Gasteiger partial charge in [-0.25, -0.2) is 0 Å². The molecule has 56 valence electrons. The third-order valence-corrected chi connectivity index (χ3v) is 1.11. The fourth-order valence-electron chi connectivity index (χ4n) is 0.241. The monoisotopic (exact) mass is 163 g/mol. The molecule has 2 amide bonds. The molecule has 0 rings (SSSR count). The summed E-state index contributed by atoms with van der Waals surface area (Å²) >= 11 is 5.14. The van der Waals surface area contributed by atoms with Gasteiger partial charge in [0.25, 0.3) is 11.8 Å². The van der Waals surface area contributed by atoms with Crippen molar-refractivity contribution in [1.82, 2.24) is 0 Å². The van der Waals surface area contributed by atoms with Crippen molar-refractivity contribution in [3.8, 4) is 0 Å². The molecule has 0 unspecified atom stereocenters. The summed E-state index contributed by atoms with van der Waals surface area (Å²) in [4.78, 5) is 20.4. The molecular formula is C4H6ClN3O2. The van der Waals surface area contributed by atoms with Crippen LogP contribution in [0.25, 0.3) is 0 Å². The molecule has 10 heavy (non-hydrogen) atoms. The molecule has 0 saturated carbocycles. The summed E-state index contributed by atoms with van der Waals surface area (Å²) in [6.45, 7) is 0. The van der Waals surface area contributed by atoms with Crippen LogP contribution in [0.5, 0.6) is 0 Å². The molecule has 5 nitrogen and oxygen atoms in total. The number of hydrogen-bond acceptors (Lipinski definition) is 3. The van der Waals surface area contributed by atoms with Gasteiger partial charge in [0.05, 0.1) is 0 Å². The number of primary amides is 2. The maximum absolute atomic E-state index is 10.2. The molecule has 0 atom stereocenters. The predicted molar refractivity (Wildman–Crippen MR) is 35.5 cm³/mol. The van der Waals surface area contributed by atoms with E-state index < -0.39 is 22.5 Å². The summed E-state index contributed by atoms with van der Waals surface area (Å²) in [7, 11) is 0. The van der Waals surface area contributed by atoms with E-state index >= 15 is 0 Å². The quantitative estimate of drug-likeness (QED) is 0.425. The van der Waals surface area contributed by atoms with Crippen LogP contribution >= 0.6 is 11.6 Å². The molecule has 0 saturated heterocycles. The van der Waals surface area contributed by atoms with Crippen LogP contribution in [0.1, 0.15) is 0 Å². The molecular weight excluding hydrogens is 158 g/mol. The number of rotatable bonds is 2. The van der Waals surface area contributed by atoms with Crippen molar-refractivity contribution in [2.24, 2.45) is 17.2 Å². The second-order valence-electron chi connectivity index (χ2n) is 1.46. The Morgan fingerprint density at radius 2 is 1.40 bits per heavy atom. The maximum Gasteiger partial charge on any atom is 0.266 e. The lowest BCUT2D eigenvalue weighted by Crippen LogP contribution is -2.25. The van der Waals surface area contributed by atoms with Gasteiger partial charge in [-0.1, -0.05) is 11.6 Å². The van der Waals surface area contributed by atoms with Gasteiger partial charge in [-0.05, 0) is 0 Å². The Balaban J connectivity index is 4.67. The van der Waals surface area contributed by atoms with Crippen LogP contribution in [-0.4, -0.2) is 11.8 Å². The van der Waals surface area contributed by atoms with Crippen molar-refractivity contribution in [2.75, 3.05) is 0 Å². The summed E-state index contributed by atoms with van der Waals surface area (Å²) in [5, 5.41) is -0.535. The van der Waals surface area contributed by atoms with Gasteiger partial charge < -0.3 is 17.2 Å². The lowest BCUT2D eigenvalue weighted by atomic mass is 10.4. The SMILES string of the molecule is NC(=O)C(N)=C(Cl)C(N)=O. The van der Waals surface area contributed by atoms with Gasteiger partial charge in [0.2, 0.25) is 0 Å². The average molecular weight is 164 g/mol. The third kappa shape index (κ3) is 1.94. The number of amides is 2. The normalized spacial score (nSPS) is 12.1. The van der Waals surface area contributed by atoms with Crippen LogP contribution in [0, 0.1) is 0 Å². The summed E-state index contributed by atoms with van der Waals surface area (Å²) in [6, 6.07) is 0. The zero-order valence-corrected chi connectivity index (χ0v) is 5.68. The van der Waals surface area contributed by atoms with E-state index in [2.05, 4.69) is 11.5 Å². The highest BCUT2D eigenvalue weighted by Gasteiger charge is 2.10. The molecule has 0 spiro atoms. The van der Waals surface area contributed by atoms with Crippen LogP contribution in [-0.2, 0) is 9.59 Å². The van der Waals surface area contributed by atoms with Crippen LogP contribution in [0.15, 0.2) is 10.7 Å². The van der Waals surface area contributed by atoms with Crippen molar-refractivity contribution < 1.29 is 9.59 Å². The Bertz CT molecular complexity index is 189. The smallest absolute Gasteiger partial charge is 0.266 e. The van der Waals surface area contributed by atoms with Crippen molar-refractivity contribution in [3.05, 3.63) is 10.7 Å². The molecule has 0 aromatic carbocycles. The summed E-state index contributed by atoms with van der Waals surface area (Å²) in [6.07, 6.45) is 0. The van der Waals surface area contributed by atoms with E-state index in [0.29, 0.717) is 0 Å². The Morgan fingerprint density at radius 3 is 1.50 bits per heavy atom. The fraction of sp³-hybridized carbons (Fsp3) is 0. The molecule has 0 radical (unpaired) electrons. The molecule has 0 aliphatic heterocycles. The molecule has 0 aliphatic carbocycles. The van der Waals surface area contributed by atoms with Crippen molar-refractivity contribution in [3.63, 3.8) is 0 Å². The molecule has 6 N–H and O–H groups in total. The second kappa shape index (κ2) is 3.07. The Kier molecular flexibility index (Phi) is 2.69. The zero-order valence-electron chi connectivity index (χ0n) is 4.93. The minimum Gasteiger partial charge on any atom is -0.393 e. The van der Waals surface area contributed by atoms with Gasteiger partial charge in [-0.2, -0.15) is 0 Å². The van der Waals surface area contributed by atoms with Gasteiger partial charge in [0.1, 0.15) is 10.7 Å². The molecule has 0 heterocycles. The summed E-state index contributed by atoms with van der Waals surface area (Å²) < 4.78 is 0. The lowest BCUT2D eigenvalue weighted by molar-refractivity contribution is -0.116. The third-order valence-electron chi connectivity index (χ3n) is 0.718. The minimum atomic E-state index is -0.974. The molecule has 0 aliphatic rings. The Labute approximate surface area is 61.8 Å². The largest absolute Gasteiger partial charge is 0.393 e. The molecule has 6 heteroatoms. The number of carbonyl (C=O) groups is 2. The molecule has 0 bridgehead atoms. The number of carbonyl (C=O) groups excluding carboxylic acids is 2. The van der Waals surface area contributed by atoms with Crippen LogP contribution in [0.3, 0.4) is 0 Å². The Morgan fingerprint density at radius 1 is 1.00 bits per heavy atom. The first kappa shape index (κ1) is 8.77. The van der Waals surface area contributed by atoms with Crippen molar-refractivity contribution in [2.45, 2.75) is 0 Å². The number of halogens is 1.